The lowest BCUT2D eigenvalue weighted by Gasteiger charge is -2.08. The first-order valence-corrected chi connectivity index (χ1v) is 5.03. The van der Waals surface area contributed by atoms with Gasteiger partial charge in [0, 0.05) is 20.0 Å². The molecule has 0 fully saturated rings. The molecule has 0 aliphatic rings. The van der Waals surface area contributed by atoms with Gasteiger partial charge < -0.3 is 10.6 Å². The molecule has 0 unspecified atom stereocenters. The van der Waals surface area contributed by atoms with Crippen molar-refractivity contribution < 1.29 is 18.5 Å². The first-order valence-electron chi connectivity index (χ1n) is 5.03. The summed E-state index contributed by atoms with van der Waals surface area (Å²) in [4.78, 5) is 20.0. The van der Waals surface area contributed by atoms with E-state index in [1.165, 1.54) is 6.92 Å². The third-order valence-electron chi connectivity index (χ3n) is 2.04. The molecule has 0 bridgehead atoms. The van der Waals surface area contributed by atoms with Crippen molar-refractivity contribution in [3.05, 3.63) is 33.9 Å². The number of carbonyl (C=O) groups excluding carboxylic acids is 1. The number of non-ortho nitro benzene ring substituents is 1. The van der Waals surface area contributed by atoms with E-state index in [1.54, 1.807) is 0 Å². The summed E-state index contributed by atoms with van der Waals surface area (Å²) in [6.07, 6.45) is 0. The fourth-order valence-corrected chi connectivity index (χ4v) is 1.26. The number of benzene rings is 1. The molecule has 6 nitrogen and oxygen atoms in total. The highest BCUT2D eigenvalue weighted by Gasteiger charge is 2.16. The summed E-state index contributed by atoms with van der Waals surface area (Å²) in [5, 5.41) is 15.2. The largest absolute Gasteiger partial charge is 0.379 e. The number of nitrogens with zero attached hydrogens (tertiary/aromatic N) is 1. The minimum Gasteiger partial charge on any atom is -0.379 e. The second kappa shape index (κ2) is 5.89. The molecule has 1 rings (SSSR count). The first kappa shape index (κ1) is 13.8. The zero-order chi connectivity index (χ0) is 13.7. The third kappa shape index (κ3) is 3.65. The number of nitro benzene ring substituents is 1. The Hall–Kier alpha value is -2.25. The summed E-state index contributed by atoms with van der Waals surface area (Å²) >= 11 is 0. The molecule has 8 heteroatoms. The first-order chi connectivity index (χ1) is 8.41. The van der Waals surface area contributed by atoms with Crippen molar-refractivity contribution in [3.8, 4) is 0 Å². The highest BCUT2D eigenvalue weighted by molar-refractivity contribution is 5.72. The molecule has 1 amide bonds. The van der Waals surface area contributed by atoms with Crippen molar-refractivity contribution in [1.82, 2.24) is 5.32 Å². The van der Waals surface area contributed by atoms with Crippen LogP contribution in [0.5, 0.6) is 0 Å². The Balaban J connectivity index is 2.72. The molecule has 0 heterocycles. The van der Waals surface area contributed by atoms with Gasteiger partial charge in [-0.25, -0.2) is 8.78 Å². The van der Waals surface area contributed by atoms with Crippen molar-refractivity contribution in [2.75, 3.05) is 18.4 Å². The van der Waals surface area contributed by atoms with Gasteiger partial charge in [0.1, 0.15) is 5.69 Å². The van der Waals surface area contributed by atoms with Gasteiger partial charge in [-0.2, -0.15) is 0 Å². The summed E-state index contributed by atoms with van der Waals surface area (Å²) in [7, 11) is 0. The normalized spacial score (nSPS) is 9.94. The summed E-state index contributed by atoms with van der Waals surface area (Å²) in [6, 6.07) is 1.26. The van der Waals surface area contributed by atoms with Crippen LogP contribution in [0.4, 0.5) is 20.2 Å². The van der Waals surface area contributed by atoms with E-state index in [2.05, 4.69) is 10.6 Å². The van der Waals surface area contributed by atoms with Crippen LogP contribution in [0.15, 0.2) is 12.1 Å². The predicted molar refractivity (Wildman–Crippen MR) is 60.2 cm³/mol. The predicted octanol–water partition coefficient (Wildman–Crippen LogP) is 1.42. The van der Waals surface area contributed by atoms with E-state index >= 15 is 0 Å². The molecule has 0 aliphatic heterocycles. The molecular formula is C10H11F2N3O3. The van der Waals surface area contributed by atoms with Crippen LogP contribution < -0.4 is 10.6 Å². The molecule has 2 N–H and O–H groups in total. The van der Waals surface area contributed by atoms with Gasteiger partial charge in [0.05, 0.1) is 17.1 Å². The fraction of sp³-hybridized carbons (Fsp3) is 0.300. The SMILES string of the molecule is CC(=O)NCCNc1c(F)cc([N+](=O)[O-])cc1F. The second-order valence-corrected chi connectivity index (χ2v) is 3.45. The Morgan fingerprint density at radius 3 is 2.33 bits per heavy atom. The van der Waals surface area contributed by atoms with Gasteiger partial charge in [-0.1, -0.05) is 0 Å². The van der Waals surface area contributed by atoms with Gasteiger partial charge in [0.2, 0.25) is 5.91 Å². The van der Waals surface area contributed by atoms with Crippen molar-refractivity contribution >= 4 is 17.3 Å². The molecule has 1 aromatic rings. The monoisotopic (exact) mass is 259 g/mol. The molecule has 0 saturated heterocycles. The molecule has 0 saturated carbocycles. The van der Waals surface area contributed by atoms with Gasteiger partial charge in [-0.3, -0.25) is 14.9 Å². The van der Waals surface area contributed by atoms with Crippen LogP contribution in [0.25, 0.3) is 0 Å². The molecule has 18 heavy (non-hydrogen) atoms. The fourth-order valence-electron chi connectivity index (χ4n) is 1.26. The van der Waals surface area contributed by atoms with Crippen LogP contribution in [0, 0.1) is 21.7 Å². The lowest BCUT2D eigenvalue weighted by atomic mass is 10.2. The number of hydrogen-bond acceptors (Lipinski definition) is 4. The summed E-state index contributed by atoms with van der Waals surface area (Å²) in [5.41, 5.74) is -1.11. The summed E-state index contributed by atoms with van der Waals surface area (Å²) in [5.74, 6) is -2.37. The lowest BCUT2D eigenvalue weighted by Crippen LogP contribution is -2.26. The molecular weight excluding hydrogens is 248 g/mol. The molecule has 0 aromatic heterocycles. The second-order valence-electron chi connectivity index (χ2n) is 3.45. The highest BCUT2D eigenvalue weighted by Crippen LogP contribution is 2.24. The molecule has 0 aliphatic carbocycles. The van der Waals surface area contributed by atoms with Gasteiger partial charge in [-0.15, -0.1) is 0 Å². The quantitative estimate of drug-likeness (QED) is 0.476. The maximum Gasteiger partial charge on any atom is 0.275 e. The molecule has 0 spiro atoms. The Morgan fingerprint density at radius 1 is 1.33 bits per heavy atom. The van der Waals surface area contributed by atoms with E-state index < -0.39 is 27.9 Å². The van der Waals surface area contributed by atoms with Crippen molar-refractivity contribution in [2.24, 2.45) is 0 Å². The van der Waals surface area contributed by atoms with E-state index in [0.29, 0.717) is 12.1 Å². The van der Waals surface area contributed by atoms with Crippen LogP contribution in [0.3, 0.4) is 0 Å². The Labute approximate surface area is 101 Å². The summed E-state index contributed by atoms with van der Waals surface area (Å²) < 4.78 is 26.7. The zero-order valence-corrected chi connectivity index (χ0v) is 9.50. The van der Waals surface area contributed by atoms with Gasteiger partial charge >= 0.3 is 0 Å². The lowest BCUT2D eigenvalue weighted by molar-refractivity contribution is -0.385. The van der Waals surface area contributed by atoms with E-state index in [4.69, 9.17) is 0 Å². The van der Waals surface area contributed by atoms with Crippen LogP contribution >= 0.6 is 0 Å². The van der Waals surface area contributed by atoms with Gasteiger partial charge in [0.15, 0.2) is 11.6 Å². The number of rotatable bonds is 5. The van der Waals surface area contributed by atoms with Gasteiger partial charge in [0.25, 0.3) is 5.69 Å². The standard InChI is InChI=1S/C10H11F2N3O3/c1-6(16)13-2-3-14-10-8(11)4-7(15(17)18)5-9(10)12/h4-5,14H,2-3H2,1H3,(H,13,16). The van der Waals surface area contributed by atoms with Crippen LogP contribution in [0.1, 0.15) is 6.92 Å². The number of nitro groups is 1. The maximum atomic E-state index is 13.4. The van der Waals surface area contributed by atoms with Crippen LogP contribution in [-0.2, 0) is 4.79 Å². The highest BCUT2D eigenvalue weighted by atomic mass is 19.1. The molecule has 1 aromatic carbocycles. The number of carbonyl (C=O) groups is 1. The average Bonchev–Trinajstić information content (AvgIpc) is 2.26. The minimum absolute atomic E-state index is 0.102. The van der Waals surface area contributed by atoms with E-state index in [-0.39, 0.29) is 19.0 Å². The number of anilines is 1. The minimum atomic E-state index is -1.05. The Morgan fingerprint density at radius 2 is 1.89 bits per heavy atom. The van der Waals surface area contributed by atoms with Crippen molar-refractivity contribution in [1.29, 1.82) is 0 Å². The third-order valence-corrected chi connectivity index (χ3v) is 2.04. The number of nitrogens with one attached hydrogen (secondary N) is 2. The Kier molecular flexibility index (Phi) is 4.52. The van der Waals surface area contributed by atoms with E-state index in [0.717, 1.165) is 0 Å². The molecule has 0 atom stereocenters. The molecule has 0 radical (unpaired) electrons. The van der Waals surface area contributed by atoms with Crippen molar-refractivity contribution in [3.63, 3.8) is 0 Å². The topological polar surface area (TPSA) is 84.3 Å². The van der Waals surface area contributed by atoms with Gasteiger partial charge in [-0.05, 0) is 0 Å². The zero-order valence-electron chi connectivity index (χ0n) is 9.50. The number of hydrogen-bond donors (Lipinski definition) is 2. The Bertz CT molecular complexity index is 456. The summed E-state index contributed by atoms with van der Waals surface area (Å²) in [6.45, 7) is 1.60. The molecule has 98 valence electrons. The number of amides is 1. The van der Waals surface area contributed by atoms with E-state index in [1.807, 2.05) is 0 Å². The number of halogens is 2. The van der Waals surface area contributed by atoms with Crippen molar-refractivity contribution in [2.45, 2.75) is 6.92 Å². The van der Waals surface area contributed by atoms with E-state index in [9.17, 15) is 23.7 Å². The van der Waals surface area contributed by atoms with Crippen LogP contribution in [0.2, 0.25) is 0 Å². The average molecular weight is 259 g/mol. The smallest absolute Gasteiger partial charge is 0.275 e. The maximum absolute atomic E-state index is 13.4. The van der Waals surface area contributed by atoms with Crippen LogP contribution in [-0.4, -0.2) is 23.9 Å².